The van der Waals surface area contributed by atoms with Crippen molar-refractivity contribution in [3.05, 3.63) is 28.8 Å². The average Bonchev–Trinajstić information content (AvgIpc) is 2.66. The fourth-order valence-electron chi connectivity index (χ4n) is 4.43. The highest BCUT2D eigenvalue weighted by molar-refractivity contribution is 6.74. The molecular weight excluding hydrogens is 506 g/mol. The average molecular weight is 564 g/mol. The fraction of sp³-hybridized carbons (Fsp3) is 0.750. The number of carbonyl (C=O) groups is 2. The van der Waals surface area contributed by atoms with Gasteiger partial charge in [0.2, 0.25) is 0 Å². The zero-order valence-corrected chi connectivity index (χ0v) is 28.6. The summed E-state index contributed by atoms with van der Waals surface area (Å²) in [5.74, 6) is 0.298. The van der Waals surface area contributed by atoms with Crippen molar-refractivity contribution in [1.29, 1.82) is 0 Å². The first kappa shape index (κ1) is 35.2. The van der Waals surface area contributed by atoms with Gasteiger partial charge in [-0.3, -0.25) is 4.79 Å². The lowest BCUT2D eigenvalue weighted by Crippen LogP contribution is -2.45. The maximum absolute atomic E-state index is 13.2. The van der Waals surface area contributed by atoms with Gasteiger partial charge < -0.3 is 19.2 Å². The summed E-state index contributed by atoms with van der Waals surface area (Å²) in [6.45, 7) is 32.1. The van der Waals surface area contributed by atoms with Gasteiger partial charge in [0.1, 0.15) is 11.4 Å². The molecule has 1 N–H and O–H groups in total. The molecule has 1 atom stereocenters. The third kappa shape index (κ3) is 11.3. The van der Waals surface area contributed by atoms with Crippen LogP contribution in [0.3, 0.4) is 0 Å². The molecule has 39 heavy (non-hydrogen) atoms. The molecule has 0 unspecified atom stereocenters. The van der Waals surface area contributed by atoms with E-state index in [1.807, 2.05) is 54.5 Å². The van der Waals surface area contributed by atoms with E-state index < -0.39 is 20.0 Å². The quantitative estimate of drug-likeness (QED) is 0.228. The van der Waals surface area contributed by atoms with Crippen LogP contribution in [0.5, 0.6) is 5.75 Å². The van der Waals surface area contributed by atoms with Crippen LogP contribution in [0.25, 0.3) is 0 Å². The van der Waals surface area contributed by atoms with Gasteiger partial charge >= 0.3 is 12.1 Å². The highest BCUT2D eigenvalue weighted by Crippen LogP contribution is 2.40. The van der Waals surface area contributed by atoms with E-state index >= 15 is 0 Å². The Kier molecular flexibility index (Phi) is 11.5. The lowest BCUT2D eigenvalue weighted by Gasteiger charge is -2.37. The number of ether oxygens (including phenoxy) is 2. The highest BCUT2D eigenvalue weighted by Gasteiger charge is 2.38. The number of carbonyl (C=O) groups excluding carboxylic acids is 2. The Morgan fingerprint density at radius 3 is 1.97 bits per heavy atom. The van der Waals surface area contributed by atoms with Gasteiger partial charge in [-0.05, 0) is 93.6 Å². The molecule has 0 bridgehead atoms. The highest BCUT2D eigenvalue weighted by atomic mass is 28.4. The van der Waals surface area contributed by atoms with Crippen molar-refractivity contribution >= 4 is 20.4 Å². The summed E-state index contributed by atoms with van der Waals surface area (Å²) in [5, 5.41) is 3.18. The minimum atomic E-state index is -1.86. The summed E-state index contributed by atoms with van der Waals surface area (Å²) in [5.41, 5.74) is 2.06. The van der Waals surface area contributed by atoms with Crippen molar-refractivity contribution < 1.29 is 23.5 Å². The molecule has 0 heterocycles. The molecule has 0 aromatic heterocycles. The number of esters is 1. The fourth-order valence-corrected chi connectivity index (χ4v) is 5.47. The van der Waals surface area contributed by atoms with Crippen LogP contribution in [0.1, 0.15) is 112 Å². The summed E-state index contributed by atoms with van der Waals surface area (Å²) in [6, 6.07) is 3.80. The van der Waals surface area contributed by atoms with Gasteiger partial charge in [0.05, 0.1) is 0 Å². The smallest absolute Gasteiger partial charge is 0.412 e. The SMILES string of the molecule is Cc1cc(C)c(C(C)(C)CCO[Si](C)(C)C(C)(C)C)c(OC(=O)N[C@@H](CCC(=O)OC(C)(C)C)C(C)(C)C)c1. The lowest BCUT2D eigenvalue weighted by molar-refractivity contribution is -0.155. The Labute approximate surface area is 240 Å². The third-order valence-corrected chi connectivity index (χ3v) is 12.3. The summed E-state index contributed by atoms with van der Waals surface area (Å²) >= 11 is 0. The van der Waals surface area contributed by atoms with E-state index in [1.54, 1.807) is 0 Å². The molecule has 0 fully saturated rings. The standard InChI is InChI=1S/C32H57NO5Si/c1-22-20-23(2)27(32(12,13)18-19-36-39(14,15)31(9,10)11)24(21-22)37-28(35)33-25(29(3,4)5)16-17-26(34)38-30(6,7)8/h20-21,25H,16-19H2,1-15H3,(H,33,35)/t25-/m0/s1. The molecule has 1 amide bonds. The summed E-state index contributed by atoms with van der Waals surface area (Å²) in [7, 11) is -1.86. The van der Waals surface area contributed by atoms with E-state index in [9.17, 15) is 9.59 Å². The zero-order chi connectivity index (χ0) is 30.6. The van der Waals surface area contributed by atoms with E-state index in [4.69, 9.17) is 13.9 Å². The first-order valence-electron chi connectivity index (χ1n) is 14.3. The number of amides is 1. The van der Waals surface area contributed by atoms with Gasteiger partial charge in [0.25, 0.3) is 0 Å². The van der Waals surface area contributed by atoms with Crippen LogP contribution in [-0.4, -0.2) is 38.6 Å². The molecule has 224 valence electrons. The van der Waals surface area contributed by atoms with Crippen LogP contribution < -0.4 is 10.1 Å². The molecule has 0 aliphatic heterocycles. The first-order valence-corrected chi connectivity index (χ1v) is 17.2. The van der Waals surface area contributed by atoms with Gasteiger partial charge in [-0.25, -0.2) is 4.79 Å². The van der Waals surface area contributed by atoms with Gasteiger partial charge in [-0.2, -0.15) is 0 Å². The molecule has 0 radical (unpaired) electrons. The molecular formula is C32H57NO5Si. The van der Waals surface area contributed by atoms with E-state index in [2.05, 4.69) is 66.0 Å². The third-order valence-electron chi connectivity index (χ3n) is 7.71. The number of aryl methyl sites for hydroxylation is 2. The van der Waals surface area contributed by atoms with E-state index in [1.165, 1.54) is 0 Å². The van der Waals surface area contributed by atoms with E-state index in [-0.39, 0.29) is 34.3 Å². The minimum absolute atomic E-state index is 0.149. The lowest BCUT2D eigenvalue weighted by atomic mass is 9.78. The molecule has 0 saturated carbocycles. The number of benzene rings is 1. The molecule has 0 saturated heterocycles. The molecule has 0 aliphatic carbocycles. The monoisotopic (exact) mass is 563 g/mol. The Hall–Kier alpha value is -1.86. The van der Waals surface area contributed by atoms with Crippen molar-refractivity contribution in [3.8, 4) is 5.75 Å². The molecule has 1 rings (SSSR count). The van der Waals surface area contributed by atoms with Crippen molar-refractivity contribution in [2.24, 2.45) is 5.41 Å². The molecule has 6 nitrogen and oxygen atoms in total. The van der Waals surface area contributed by atoms with E-state index in [0.717, 1.165) is 23.1 Å². The van der Waals surface area contributed by atoms with Crippen LogP contribution in [0.4, 0.5) is 4.79 Å². The van der Waals surface area contributed by atoms with Crippen LogP contribution >= 0.6 is 0 Å². The van der Waals surface area contributed by atoms with Crippen LogP contribution in [-0.2, 0) is 19.4 Å². The molecule has 1 aromatic carbocycles. The Bertz CT molecular complexity index is 994. The second-order valence-corrected chi connectivity index (χ2v) is 20.1. The van der Waals surface area contributed by atoms with Crippen LogP contribution in [0, 0.1) is 19.3 Å². The largest absolute Gasteiger partial charge is 0.460 e. The molecule has 1 aromatic rings. The van der Waals surface area contributed by atoms with Crippen molar-refractivity contribution in [2.75, 3.05) is 6.61 Å². The van der Waals surface area contributed by atoms with Gasteiger partial charge in [-0.1, -0.05) is 61.5 Å². The topological polar surface area (TPSA) is 73.9 Å². The Balaban J connectivity index is 3.10. The predicted octanol–water partition coefficient (Wildman–Crippen LogP) is 8.62. The number of hydrogen-bond acceptors (Lipinski definition) is 5. The molecule has 0 aliphatic rings. The van der Waals surface area contributed by atoms with Crippen molar-refractivity contribution in [2.45, 2.75) is 144 Å². The number of nitrogens with one attached hydrogen (secondary N) is 1. The predicted molar refractivity (Wildman–Crippen MR) is 164 cm³/mol. The Morgan fingerprint density at radius 2 is 1.49 bits per heavy atom. The maximum Gasteiger partial charge on any atom is 0.412 e. The molecule has 7 heteroatoms. The van der Waals surface area contributed by atoms with Gasteiger partial charge in [0.15, 0.2) is 8.32 Å². The van der Waals surface area contributed by atoms with Crippen LogP contribution in [0.15, 0.2) is 12.1 Å². The normalized spacial score (nSPS) is 14.1. The zero-order valence-electron chi connectivity index (χ0n) is 27.6. The van der Waals surface area contributed by atoms with E-state index in [0.29, 0.717) is 18.8 Å². The second-order valence-electron chi connectivity index (χ2n) is 15.3. The van der Waals surface area contributed by atoms with Crippen molar-refractivity contribution in [1.82, 2.24) is 5.32 Å². The van der Waals surface area contributed by atoms with Gasteiger partial charge in [-0.15, -0.1) is 0 Å². The Morgan fingerprint density at radius 1 is 0.923 bits per heavy atom. The number of rotatable bonds is 10. The first-order chi connectivity index (χ1) is 17.4. The summed E-state index contributed by atoms with van der Waals surface area (Å²) in [4.78, 5) is 25.6. The molecule has 0 spiro atoms. The van der Waals surface area contributed by atoms with Crippen LogP contribution in [0.2, 0.25) is 18.1 Å². The summed E-state index contributed by atoms with van der Waals surface area (Å²) in [6.07, 6.45) is 0.972. The van der Waals surface area contributed by atoms with Gasteiger partial charge in [0, 0.05) is 24.6 Å². The minimum Gasteiger partial charge on any atom is -0.460 e. The maximum atomic E-state index is 13.2. The second kappa shape index (κ2) is 12.8. The number of hydrogen-bond donors (Lipinski definition) is 1. The summed E-state index contributed by atoms with van der Waals surface area (Å²) < 4.78 is 18.0. The van der Waals surface area contributed by atoms with Crippen molar-refractivity contribution in [3.63, 3.8) is 0 Å².